The predicted molar refractivity (Wildman–Crippen MR) is 123 cm³/mol. The smallest absolute Gasteiger partial charge is 0.191 e. The SMILES string of the molecule is CCNC(=NCc1c(CC)noc1CC)NCCCNc1ccccc1.I. The lowest BCUT2D eigenvalue weighted by molar-refractivity contribution is 0.380. The Bertz CT molecular complexity index is 651. The lowest BCUT2D eigenvalue weighted by Crippen LogP contribution is -2.38. The number of rotatable bonds is 10. The van der Waals surface area contributed by atoms with E-state index in [1.54, 1.807) is 0 Å². The van der Waals surface area contributed by atoms with E-state index < -0.39 is 0 Å². The Kier molecular flexibility index (Phi) is 11.6. The fraction of sp³-hybridized carbons (Fsp3) is 0.500. The van der Waals surface area contributed by atoms with E-state index in [0.717, 1.165) is 67.6 Å². The summed E-state index contributed by atoms with van der Waals surface area (Å²) < 4.78 is 5.41. The van der Waals surface area contributed by atoms with Crippen molar-refractivity contribution in [3.63, 3.8) is 0 Å². The summed E-state index contributed by atoms with van der Waals surface area (Å²) >= 11 is 0. The van der Waals surface area contributed by atoms with Crippen LogP contribution in [-0.2, 0) is 19.4 Å². The van der Waals surface area contributed by atoms with Gasteiger partial charge in [-0.3, -0.25) is 0 Å². The van der Waals surface area contributed by atoms with Crippen molar-refractivity contribution in [3.05, 3.63) is 47.3 Å². The van der Waals surface area contributed by atoms with Crippen molar-refractivity contribution in [2.45, 2.75) is 46.6 Å². The maximum absolute atomic E-state index is 5.41. The van der Waals surface area contributed by atoms with Crippen LogP contribution in [0, 0.1) is 0 Å². The van der Waals surface area contributed by atoms with E-state index in [1.165, 1.54) is 0 Å². The zero-order valence-corrected chi connectivity index (χ0v) is 18.9. The van der Waals surface area contributed by atoms with Crippen LogP contribution < -0.4 is 16.0 Å². The summed E-state index contributed by atoms with van der Waals surface area (Å²) in [5.41, 5.74) is 3.28. The third kappa shape index (κ3) is 7.78. The highest BCUT2D eigenvalue weighted by Gasteiger charge is 2.12. The summed E-state index contributed by atoms with van der Waals surface area (Å²) in [6.45, 7) is 9.44. The maximum Gasteiger partial charge on any atom is 0.191 e. The van der Waals surface area contributed by atoms with E-state index in [2.05, 4.69) is 54.0 Å². The molecule has 1 aromatic heterocycles. The Morgan fingerprint density at radius 3 is 2.48 bits per heavy atom. The molecule has 0 atom stereocenters. The Labute approximate surface area is 179 Å². The van der Waals surface area contributed by atoms with Crippen molar-refractivity contribution >= 4 is 35.6 Å². The number of nitrogens with zero attached hydrogens (tertiary/aromatic N) is 2. The third-order valence-corrected chi connectivity index (χ3v) is 4.10. The number of halogens is 1. The van der Waals surface area contributed by atoms with Gasteiger partial charge >= 0.3 is 0 Å². The van der Waals surface area contributed by atoms with Crippen molar-refractivity contribution in [3.8, 4) is 0 Å². The number of anilines is 1. The van der Waals surface area contributed by atoms with Crippen LogP contribution in [0.3, 0.4) is 0 Å². The minimum Gasteiger partial charge on any atom is -0.385 e. The number of hydrogen-bond acceptors (Lipinski definition) is 4. The van der Waals surface area contributed by atoms with Gasteiger partial charge in [-0.25, -0.2) is 4.99 Å². The second-order valence-corrected chi connectivity index (χ2v) is 6.01. The fourth-order valence-electron chi connectivity index (χ4n) is 2.70. The zero-order valence-electron chi connectivity index (χ0n) is 16.5. The first-order valence-electron chi connectivity index (χ1n) is 9.55. The van der Waals surface area contributed by atoms with Gasteiger partial charge in [0.25, 0.3) is 0 Å². The molecule has 6 nitrogen and oxygen atoms in total. The number of benzene rings is 1. The number of aromatic nitrogens is 1. The quantitative estimate of drug-likeness (QED) is 0.206. The molecule has 0 aliphatic heterocycles. The first-order valence-corrected chi connectivity index (χ1v) is 9.55. The molecular weight excluding hydrogens is 453 g/mol. The van der Waals surface area contributed by atoms with Crippen LogP contribution in [0.15, 0.2) is 39.8 Å². The van der Waals surface area contributed by atoms with Gasteiger partial charge < -0.3 is 20.5 Å². The van der Waals surface area contributed by atoms with E-state index in [0.29, 0.717) is 6.54 Å². The van der Waals surface area contributed by atoms with Crippen LogP contribution in [0.1, 0.15) is 44.2 Å². The average Bonchev–Trinajstić information content (AvgIpc) is 3.08. The normalized spacial score (nSPS) is 11.0. The summed E-state index contributed by atoms with van der Waals surface area (Å²) in [5, 5.41) is 14.3. The summed E-state index contributed by atoms with van der Waals surface area (Å²) in [5.74, 6) is 1.77. The van der Waals surface area contributed by atoms with E-state index in [1.807, 2.05) is 18.2 Å². The second kappa shape index (κ2) is 13.4. The molecule has 2 aromatic rings. The number of hydrogen-bond donors (Lipinski definition) is 3. The molecule has 0 amide bonds. The number of guanidine groups is 1. The highest BCUT2D eigenvalue weighted by Crippen LogP contribution is 2.16. The lowest BCUT2D eigenvalue weighted by Gasteiger charge is -2.12. The summed E-state index contributed by atoms with van der Waals surface area (Å²) in [6.07, 6.45) is 2.71. The van der Waals surface area contributed by atoms with Crippen molar-refractivity contribution in [1.29, 1.82) is 0 Å². The van der Waals surface area contributed by atoms with Gasteiger partial charge in [0.1, 0.15) is 5.76 Å². The molecule has 0 aliphatic rings. The molecule has 1 aromatic carbocycles. The molecule has 0 radical (unpaired) electrons. The molecule has 0 saturated heterocycles. The van der Waals surface area contributed by atoms with Gasteiger partial charge in [0.05, 0.1) is 12.2 Å². The Morgan fingerprint density at radius 2 is 1.81 bits per heavy atom. The van der Waals surface area contributed by atoms with Crippen LogP contribution in [0.5, 0.6) is 0 Å². The third-order valence-electron chi connectivity index (χ3n) is 4.10. The first-order chi connectivity index (χ1) is 12.8. The van der Waals surface area contributed by atoms with E-state index >= 15 is 0 Å². The number of aliphatic imine (C=N–C) groups is 1. The highest BCUT2D eigenvalue weighted by molar-refractivity contribution is 14.0. The minimum absolute atomic E-state index is 0. The van der Waals surface area contributed by atoms with Gasteiger partial charge in [-0.1, -0.05) is 37.2 Å². The Hall–Kier alpha value is -1.77. The van der Waals surface area contributed by atoms with Crippen molar-refractivity contribution in [2.24, 2.45) is 4.99 Å². The number of aryl methyl sites for hydroxylation is 2. The van der Waals surface area contributed by atoms with Gasteiger partial charge in [-0.05, 0) is 31.9 Å². The van der Waals surface area contributed by atoms with Crippen LogP contribution in [-0.4, -0.2) is 30.8 Å². The first kappa shape index (κ1) is 23.3. The Morgan fingerprint density at radius 1 is 1.04 bits per heavy atom. The zero-order chi connectivity index (χ0) is 18.6. The molecule has 2 rings (SSSR count). The van der Waals surface area contributed by atoms with Crippen molar-refractivity contribution in [2.75, 3.05) is 25.0 Å². The molecule has 1 heterocycles. The van der Waals surface area contributed by atoms with Gasteiger partial charge in [0, 0.05) is 37.3 Å². The summed E-state index contributed by atoms with van der Waals surface area (Å²) in [4.78, 5) is 4.70. The second-order valence-electron chi connectivity index (χ2n) is 6.01. The summed E-state index contributed by atoms with van der Waals surface area (Å²) in [6, 6.07) is 10.3. The van der Waals surface area contributed by atoms with Crippen molar-refractivity contribution < 1.29 is 4.52 Å². The largest absolute Gasteiger partial charge is 0.385 e. The molecule has 0 saturated carbocycles. The summed E-state index contributed by atoms with van der Waals surface area (Å²) in [7, 11) is 0. The molecule has 0 unspecified atom stereocenters. The Balaban J connectivity index is 0.00000364. The number of para-hydroxylation sites is 1. The molecule has 0 fully saturated rings. The average molecular weight is 485 g/mol. The molecule has 0 aliphatic carbocycles. The molecule has 7 heteroatoms. The molecule has 150 valence electrons. The van der Waals surface area contributed by atoms with Gasteiger partial charge in [-0.2, -0.15) is 0 Å². The molecule has 27 heavy (non-hydrogen) atoms. The van der Waals surface area contributed by atoms with Gasteiger partial charge in [0.15, 0.2) is 5.96 Å². The molecular formula is C20H32IN5O. The highest BCUT2D eigenvalue weighted by atomic mass is 127. The van der Waals surface area contributed by atoms with Crippen LogP contribution in [0.2, 0.25) is 0 Å². The molecule has 3 N–H and O–H groups in total. The van der Waals surface area contributed by atoms with E-state index in [9.17, 15) is 0 Å². The lowest BCUT2D eigenvalue weighted by atomic mass is 10.1. The monoisotopic (exact) mass is 485 g/mol. The predicted octanol–water partition coefficient (Wildman–Crippen LogP) is 3.97. The standard InChI is InChI=1S/C20H31N5O.HI/c1-4-18-17(19(5-2)26-25-18)15-24-20(21-6-3)23-14-10-13-22-16-11-8-7-9-12-16;/h7-9,11-12,22H,4-6,10,13-15H2,1-3H3,(H2,21,23,24);1H. The van der Waals surface area contributed by atoms with Crippen LogP contribution in [0.25, 0.3) is 0 Å². The van der Waals surface area contributed by atoms with Gasteiger partial charge in [-0.15, -0.1) is 24.0 Å². The topological polar surface area (TPSA) is 74.5 Å². The number of nitrogens with one attached hydrogen (secondary N) is 3. The van der Waals surface area contributed by atoms with Crippen LogP contribution in [0.4, 0.5) is 5.69 Å². The van der Waals surface area contributed by atoms with E-state index in [4.69, 9.17) is 9.52 Å². The molecule has 0 spiro atoms. The van der Waals surface area contributed by atoms with E-state index in [-0.39, 0.29) is 24.0 Å². The van der Waals surface area contributed by atoms with Gasteiger partial charge in [0.2, 0.25) is 0 Å². The minimum atomic E-state index is 0. The molecule has 0 bridgehead atoms. The van der Waals surface area contributed by atoms with Crippen molar-refractivity contribution in [1.82, 2.24) is 15.8 Å². The fourth-order valence-corrected chi connectivity index (χ4v) is 2.70. The maximum atomic E-state index is 5.41. The van der Waals surface area contributed by atoms with Crippen LogP contribution >= 0.6 is 24.0 Å².